The van der Waals surface area contributed by atoms with Crippen LogP contribution >= 0.6 is 23.2 Å². The first kappa shape index (κ1) is 12.9. The largest absolute Gasteiger partial charge is 0.375 e. The van der Waals surface area contributed by atoms with E-state index in [0.29, 0.717) is 22.3 Å². The number of benzene rings is 1. The van der Waals surface area contributed by atoms with Crippen LogP contribution in [0, 0.1) is 0 Å². The molecule has 0 bridgehead atoms. The predicted molar refractivity (Wildman–Crippen MR) is 68.2 cm³/mol. The van der Waals surface area contributed by atoms with Crippen LogP contribution in [0.1, 0.15) is 0 Å². The molecule has 0 saturated carbocycles. The molecule has 0 radical (unpaired) electrons. The van der Waals surface area contributed by atoms with E-state index in [2.05, 4.69) is 17.2 Å². The highest BCUT2D eigenvalue weighted by molar-refractivity contribution is 6.43. The Hall–Kier alpha value is -1.19. The molecule has 1 amide bonds. The molecule has 3 nitrogen and oxygen atoms in total. The Balaban J connectivity index is 2.51. The highest BCUT2D eigenvalue weighted by atomic mass is 35.5. The zero-order chi connectivity index (χ0) is 12.0. The van der Waals surface area contributed by atoms with Crippen LogP contribution in [-0.4, -0.2) is 19.0 Å². The molecule has 2 N–H and O–H groups in total. The van der Waals surface area contributed by atoms with Crippen molar-refractivity contribution in [3.05, 3.63) is 40.9 Å². The number of carbonyl (C=O) groups excluding carboxylic acids is 1. The van der Waals surface area contributed by atoms with Crippen molar-refractivity contribution in [2.45, 2.75) is 0 Å². The summed E-state index contributed by atoms with van der Waals surface area (Å²) in [6.45, 7) is 4.10. The Morgan fingerprint density at radius 1 is 1.44 bits per heavy atom. The van der Waals surface area contributed by atoms with E-state index < -0.39 is 0 Å². The van der Waals surface area contributed by atoms with Gasteiger partial charge in [0.25, 0.3) is 0 Å². The predicted octanol–water partition coefficient (Wildman–Crippen LogP) is 2.71. The minimum absolute atomic E-state index is 0.129. The molecule has 0 fully saturated rings. The second-order valence-corrected chi connectivity index (χ2v) is 3.83. The van der Waals surface area contributed by atoms with Crippen molar-refractivity contribution in [3.8, 4) is 0 Å². The first-order valence-electron chi connectivity index (χ1n) is 4.70. The fourth-order valence-electron chi connectivity index (χ4n) is 1.06. The van der Waals surface area contributed by atoms with E-state index in [0.717, 1.165) is 0 Å². The Bertz CT molecular complexity index is 394. The number of rotatable bonds is 5. The van der Waals surface area contributed by atoms with Crippen molar-refractivity contribution in [1.82, 2.24) is 5.32 Å². The second-order valence-electron chi connectivity index (χ2n) is 3.05. The molecule has 86 valence electrons. The number of hydrogen-bond acceptors (Lipinski definition) is 2. The maximum atomic E-state index is 11.3. The molecule has 0 heterocycles. The first-order valence-corrected chi connectivity index (χ1v) is 5.46. The summed E-state index contributed by atoms with van der Waals surface area (Å²) in [6, 6.07) is 5.21. The lowest BCUT2D eigenvalue weighted by atomic mass is 10.3. The van der Waals surface area contributed by atoms with Crippen molar-refractivity contribution >= 4 is 34.8 Å². The van der Waals surface area contributed by atoms with Gasteiger partial charge >= 0.3 is 0 Å². The van der Waals surface area contributed by atoms with Gasteiger partial charge in [-0.25, -0.2) is 0 Å². The van der Waals surface area contributed by atoms with Gasteiger partial charge in [-0.05, 0) is 12.1 Å². The third kappa shape index (κ3) is 3.76. The van der Waals surface area contributed by atoms with E-state index >= 15 is 0 Å². The van der Waals surface area contributed by atoms with Gasteiger partial charge in [0.2, 0.25) is 5.91 Å². The molecule has 0 saturated heterocycles. The van der Waals surface area contributed by atoms with Crippen LogP contribution in [-0.2, 0) is 4.79 Å². The number of amides is 1. The van der Waals surface area contributed by atoms with Crippen LogP contribution in [0.5, 0.6) is 0 Å². The van der Waals surface area contributed by atoms with E-state index in [9.17, 15) is 4.79 Å². The van der Waals surface area contributed by atoms with E-state index in [1.54, 1.807) is 24.3 Å². The summed E-state index contributed by atoms with van der Waals surface area (Å²) in [5.74, 6) is -0.129. The van der Waals surface area contributed by atoms with Crippen LogP contribution in [0.25, 0.3) is 0 Å². The second kappa shape index (κ2) is 6.40. The number of nitrogens with one attached hydrogen (secondary N) is 2. The van der Waals surface area contributed by atoms with E-state index in [1.807, 2.05) is 0 Å². The Kier molecular flexibility index (Phi) is 5.15. The monoisotopic (exact) mass is 258 g/mol. The third-order valence-electron chi connectivity index (χ3n) is 1.83. The summed E-state index contributed by atoms with van der Waals surface area (Å²) >= 11 is 11.8. The fourth-order valence-corrected chi connectivity index (χ4v) is 1.43. The van der Waals surface area contributed by atoms with Crippen LogP contribution in [0.4, 0.5) is 5.69 Å². The summed E-state index contributed by atoms with van der Waals surface area (Å²) in [4.78, 5) is 11.3. The third-order valence-corrected chi connectivity index (χ3v) is 2.65. The van der Waals surface area contributed by atoms with Gasteiger partial charge in [0.05, 0.1) is 22.3 Å². The van der Waals surface area contributed by atoms with Crippen LogP contribution < -0.4 is 10.6 Å². The summed E-state index contributed by atoms with van der Waals surface area (Å²) in [5, 5.41) is 6.41. The van der Waals surface area contributed by atoms with Crippen LogP contribution in [0.3, 0.4) is 0 Å². The topological polar surface area (TPSA) is 41.1 Å². The molecule has 0 spiro atoms. The maximum absolute atomic E-state index is 11.3. The Labute approximate surface area is 104 Å². The highest BCUT2D eigenvalue weighted by Crippen LogP contribution is 2.29. The van der Waals surface area contributed by atoms with Gasteiger partial charge < -0.3 is 10.6 Å². The molecule has 0 unspecified atom stereocenters. The molecule has 16 heavy (non-hydrogen) atoms. The number of halogens is 2. The summed E-state index contributed by atoms with van der Waals surface area (Å²) in [6.07, 6.45) is 1.62. The zero-order valence-corrected chi connectivity index (χ0v) is 10.1. The minimum atomic E-state index is -0.129. The van der Waals surface area contributed by atoms with Crippen molar-refractivity contribution in [2.24, 2.45) is 0 Å². The molecule has 1 aromatic rings. The minimum Gasteiger partial charge on any atom is -0.375 e. The van der Waals surface area contributed by atoms with Crippen molar-refractivity contribution in [3.63, 3.8) is 0 Å². The van der Waals surface area contributed by atoms with Gasteiger partial charge in [0, 0.05) is 6.54 Å². The quantitative estimate of drug-likeness (QED) is 0.798. The number of anilines is 1. The molecule has 0 aliphatic heterocycles. The lowest BCUT2D eigenvalue weighted by Gasteiger charge is -2.08. The van der Waals surface area contributed by atoms with Gasteiger partial charge in [0.15, 0.2) is 0 Å². The lowest BCUT2D eigenvalue weighted by Crippen LogP contribution is -2.29. The fraction of sp³-hybridized carbons (Fsp3) is 0.182. The zero-order valence-electron chi connectivity index (χ0n) is 8.59. The standard InChI is InChI=1S/C11H12Cl2N2O/c1-2-6-14-10(16)7-15-9-5-3-4-8(12)11(9)13/h2-5,15H,1,6-7H2,(H,14,16). The first-order chi connectivity index (χ1) is 7.65. The molecule has 1 rings (SSSR count). The Morgan fingerprint density at radius 3 is 2.88 bits per heavy atom. The van der Waals surface area contributed by atoms with Crippen LogP contribution in [0.2, 0.25) is 10.0 Å². The molecule has 0 aliphatic carbocycles. The van der Waals surface area contributed by atoms with Crippen molar-refractivity contribution in [2.75, 3.05) is 18.4 Å². The average Bonchev–Trinajstić information content (AvgIpc) is 2.28. The SMILES string of the molecule is C=CCNC(=O)CNc1cccc(Cl)c1Cl. The number of carbonyl (C=O) groups is 1. The average molecular weight is 259 g/mol. The van der Waals surface area contributed by atoms with Gasteiger partial charge in [-0.3, -0.25) is 4.79 Å². The maximum Gasteiger partial charge on any atom is 0.239 e. The Morgan fingerprint density at radius 2 is 2.19 bits per heavy atom. The van der Waals surface area contributed by atoms with Gasteiger partial charge in [-0.2, -0.15) is 0 Å². The summed E-state index contributed by atoms with van der Waals surface area (Å²) < 4.78 is 0. The van der Waals surface area contributed by atoms with E-state index in [4.69, 9.17) is 23.2 Å². The van der Waals surface area contributed by atoms with Gasteiger partial charge in [-0.15, -0.1) is 6.58 Å². The van der Waals surface area contributed by atoms with Crippen molar-refractivity contribution in [1.29, 1.82) is 0 Å². The molecular formula is C11H12Cl2N2O. The summed E-state index contributed by atoms with van der Waals surface area (Å²) in [5.41, 5.74) is 0.642. The molecule has 0 atom stereocenters. The molecule has 0 aromatic heterocycles. The molecule has 5 heteroatoms. The van der Waals surface area contributed by atoms with E-state index in [-0.39, 0.29) is 12.5 Å². The van der Waals surface area contributed by atoms with Crippen LogP contribution in [0.15, 0.2) is 30.9 Å². The van der Waals surface area contributed by atoms with Crippen molar-refractivity contribution < 1.29 is 4.79 Å². The normalized spacial score (nSPS) is 9.62. The summed E-state index contributed by atoms with van der Waals surface area (Å²) in [7, 11) is 0. The molecule has 0 aliphatic rings. The highest BCUT2D eigenvalue weighted by Gasteiger charge is 2.05. The lowest BCUT2D eigenvalue weighted by molar-refractivity contribution is -0.119. The van der Waals surface area contributed by atoms with Gasteiger partial charge in [-0.1, -0.05) is 35.3 Å². The molecular weight excluding hydrogens is 247 g/mol. The van der Waals surface area contributed by atoms with E-state index in [1.165, 1.54) is 0 Å². The van der Waals surface area contributed by atoms with Gasteiger partial charge in [0.1, 0.15) is 0 Å². The number of hydrogen-bond donors (Lipinski definition) is 2. The smallest absolute Gasteiger partial charge is 0.239 e. The molecule has 1 aromatic carbocycles.